The Hall–Kier alpha value is -1.35. The molecule has 106 valence electrons. The first-order valence-corrected chi connectivity index (χ1v) is 8.32. The van der Waals surface area contributed by atoms with E-state index in [2.05, 4.69) is 55.4 Å². The van der Waals surface area contributed by atoms with E-state index < -0.39 is 0 Å². The number of hydrogen-bond acceptors (Lipinski definition) is 3. The summed E-state index contributed by atoms with van der Waals surface area (Å²) in [6.45, 7) is 4.45. The van der Waals surface area contributed by atoms with E-state index >= 15 is 0 Å². The number of anilines is 1. The maximum absolute atomic E-state index is 4.80. The van der Waals surface area contributed by atoms with Crippen LogP contribution in [0.2, 0.25) is 0 Å². The molecule has 0 radical (unpaired) electrons. The quantitative estimate of drug-likeness (QED) is 0.793. The van der Waals surface area contributed by atoms with Gasteiger partial charge in [-0.25, -0.2) is 4.98 Å². The van der Waals surface area contributed by atoms with Gasteiger partial charge in [0.15, 0.2) is 5.13 Å². The average molecular weight is 286 g/mol. The fourth-order valence-corrected chi connectivity index (χ4v) is 3.40. The van der Waals surface area contributed by atoms with Gasteiger partial charge in [0.05, 0.1) is 5.69 Å². The van der Waals surface area contributed by atoms with E-state index in [4.69, 9.17) is 4.98 Å². The topological polar surface area (TPSA) is 16.1 Å². The lowest BCUT2D eigenvalue weighted by Crippen LogP contribution is -2.36. The molecule has 0 N–H and O–H groups in total. The highest BCUT2D eigenvalue weighted by Gasteiger charge is 2.24. The zero-order valence-corrected chi connectivity index (χ0v) is 13.3. The van der Waals surface area contributed by atoms with Crippen molar-refractivity contribution in [3.05, 3.63) is 35.2 Å². The second kappa shape index (κ2) is 5.57. The third-order valence-electron chi connectivity index (χ3n) is 4.29. The second-order valence-corrected chi connectivity index (χ2v) is 6.82. The minimum absolute atomic E-state index is 0.583. The summed E-state index contributed by atoms with van der Waals surface area (Å²) < 4.78 is 0. The molecule has 0 amide bonds. The highest BCUT2D eigenvalue weighted by atomic mass is 32.1. The molecule has 1 aliphatic carbocycles. The van der Waals surface area contributed by atoms with Gasteiger partial charge in [-0.05, 0) is 30.7 Å². The normalized spacial score (nSPS) is 15.4. The molecular formula is C17H22N2S. The van der Waals surface area contributed by atoms with Gasteiger partial charge in [-0.1, -0.05) is 38.1 Å². The molecule has 2 nitrogen and oxygen atoms in total. The predicted molar refractivity (Wildman–Crippen MR) is 87.7 cm³/mol. The van der Waals surface area contributed by atoms with Gasteiger partial charge in [0.1, 0.15) is 0 Å². The maximum atomic E-state index is 4.80. The van der Waals surface area contributed by atoms with Crippen LogP contribution in [-0.4, -0.2) is 18.1 Å². The number of hydrogen-bond donors (Lipinski definition) is 0. The van der Waals surface area contributed by atoms with Crippen molar-refractivity contribution in [2.24, 2.45) is 0 Å². The highest BCUT2D eigenvalue weighted by Crippen LogP contribution is 2.33. The largest absolute Gasteiger partial charge is 0.348 e. The van der Waals surface area contributed by atoms with Gasteiger partial charge >= 0.3 is 0 Å². The van der Waals surface area contributed by atoms with E-state index in [1.807, 2.05) is 0 Å². The average Bonchev–Trinajstić information content (AvgIpc) is 2.86. The fraction of sp³-hybridized carbons (Fsp3) is 0.471. The van der Waals surface area contributed by atoms with Crippen LogP contribution in [0.5, 0.6) is 0 Å². The molecule has 0 saturated heterocycles. The molecule has 1 aromatic carbocycles. The van der Waals surface area contributed by atoms with Crippen LogP contribution in [-0.2, 0) is 0 Å². The van der Waals surface area contributed by atoms with Gasteiger partial charge in [0.25, 0.3) is 0 Å². The Morgan fingerprint density at radius 1 is 1.20 bits per heavy atom. The summed E-state index contributed by atoms with van der Waals surface area (Å²) in [5.41, 5.74) is 3.71. The highest BCUT2D eigenvalue weighted by molar-refractivity contribution is 7.14. The van der Waals surface area contributed by atoms with E-state index in [0.29, 0.717) is 12.0 Å². The first-order valence-electron chi connectivity index (χ1n) is 7.44. The second-order valence-electron chi connectivity index (χ2n) is 5.99. The molecule has 1 fully saturated rings. The van der Waals surface area contributed by atoms with Crippen molar-refractivity contribution < 1.29 is 0 Å². The Morgan fingerprint density at radius 2 is 1.90 bits per heavy atom. The van der Waals surface area contributed by atoms with Crippen molar-refractivity contribution in [2.45, 2.75) is 45.1 Å². The van der Waals surface area contributed by atoms with Crippen molar-refractivity contribution in [3.8, 4) is 11.3 Å². The van der Waals surface area contributed by atoms with Crippen molar-refractivity contribution in [1.29, 1.82) is 0 Å². The molecule has 3 rings (SSSR count). The van der Waals surface area contributed by atoms with Gasteiger partial charge in [-0.3, -0.25) is 0 Å². The van der Waals surface area contributed by atoms with Crippen molar-refractivity contribution in [1.82, 2.24) is 4.98 Å². The summed E-state index contributed by atoms with van der Waals surface area (Å²) in [6, 6.07) is 9.52. The molecule has 1 heterocycles. The molecule has 2 aromatic rings. The van der Waals surface area contributed by atoms with Gasteiger partial charge in [0.2, 0.25) is 0 Å². The van der Waals surface area contributed by atoms with Crippen molar-refractivity contribution >= 4 is 16.5 Å². The lowest BCUT2D eigenvalue weighted by Gasteiger charge is -2.34. The molecule has 1 saturated carbocycles. The molecule has 0 aliphatic heterocycles. The molecular weight excluding hydrogens is 264 g/mol. The summed E-state index contributed by atoms with van der Waals surface area (Å²) in [6.07, 6.45) is 3.99. The lowest BCUT2D eigenvalue weighted by molar-refractivity contribution is 0.401. The zero-order valence-electron chi connectivity index (χ0n) is 12.5. The van der Waals surface area contributed by atoms with Gasteiger partial charge in [-0.15, -0.1) is 11.3 Å². The minimum Gasteiger partial charge on any atom is -0.348 e. The predicted octanol–water partition coefficient (Wildman–Crippen LogP) is 4.92. The summed E-state index contributed by atoms with van der Waals surface area (Å²) in [4.78, 5) is 7.15. The Balaban J connectivity index is 1.78. The van der Waals surface area contributed by atoms with E-state index in [0.717, 1.165) is 10.8 Å². The molecule has 20 heavy (non-hydrogen) atoms. The van der Waals surface area contributed by atoms with Crippen LogP contribution in [0.25, 0.3) is 11.3 Å². The van der Waals surface area contributed by atoms with Crippen LogP contribution in [0.3, 0.4) is 0 Å². The zero-order chi connectivity index (χ0) is 14.1. The van der Waals surface area contributed by atoms with Crippen molar-refractivity contribution in [2.75, 3.05) is 11.9 Å². The standard InChI is InChI=1S/C17H22N2S/c1-12(2)13-7-9-14(10-8-13)16-11-20-17(18-16)19(3)15-5-4-6-15/h7-12,15H,4-6H2,1-3H3. The molecule has 1 aromatic heterocycles. The van der Waals surface area contributed by atoms with Crippen LogP contribution in [0.1, 0.15) is 44.6 Å². The SMILES string of the molecule is CC(C)c1ccc(-c2csc(N(C)C3CCC3)n2)cc1. The van der Waals surface area contributed by atoms with E-state index in [-0.39, 0.29) is 0 Å². The van der Waals surface area contributed by atoms with Gasteiger partial charge in [0, 0.05) is 24.0 Å². The van der Waals surface area contributed by atoms with Gasteiger partial charge < -0.3 is 4.90 Å². The lowest BCUT2D eigenvalue weighted by atomic mass is 9.92. The number of benzene rings is 1. The van der Waals surface area contributed by atoms with Crippen LogP contribution in [0.4, 0.5) is 5.13 Å². The Kier molecular flexibility index (Phi) is 3.79. The number of rotatable bonds is 4. The minimum atomic E-state index is 0.583. The molecule has 0 spiro atoms. The van der Waals surface area contributed by atoms with Gasteiger partial charge in [-0.2, -0.15) is 0 Å². The number of thiazole rings is 1. The van der Waals surface area contributed by atoms with Crippen molar-refractivity contribution in [3.63, 3.8) is 0 Å². The van der Waals surface area contributed by atoms with E-state index in [9.17, 15) is 0 Å². The van der Waals surface area contributed by atoms with E-state index in [1.165, 1.54) is 30.4 Å². The molecule has 0 atom stereocenters. The fourth-order valence-electron chi connectivity index (χ4n) is 2.53. The third-order valence-corrected chi connectivity index (χ3v) is 5.22. The first kappa shape index (κ1) is 13.6. The van der Waals surface area contributed by atoms with Crippen LogP contribution in [0, 0.1) is 0 Å². The van der Waals surface area contributed by atoms with Crippen LogP contribution in [0.15, 0.2) is 29.6 Å². The monoisotopic (exact) mass is 286 g/mol. The van der Waals surface area contributed by atoms with Crippen LogP contribution >= 0.6 is 11.3 Å². The Bertz CT molecular complexity index is 567. The summed E-state index contributed by atoms with van der Waals surface area (Å²) in [7, 11) is 2.17. The maximum Gasteiger partial charge on any atom is 0.185 e. The summed E-state index contributed by atoms with van der Waals surface area (Å²) >= 11 is 1.76. The van der Waals surface area contributed by atoms with E-state index in [1.54, 1.807) is 11.3 Å². The number of nitrogens with zero attached hydrogens (tertiary/aromatic N) is 2. The molecule has 0 unspecified atom stereocenters. The van der Waals surface area contributed by atoms with Crippen LogP contribution < -0.4 is 4.90 Å². The summed E-state index contributed by atoms with van der Waals surface area (Å²) in [5, 5.41) is 3.33. The third kappa shape index (κ3) is 2.59. The molecule has 1 aliphatic rings. The Morgan fingerprint density at radius 3 is 2.45 bits per heavy atom. The first-order chi connectivity index (χ1) is 9.65. The summed E-state index contributed by atoms with van der Waals surface area (Å²) in [5.74, 6) is 0.583. The Labute approximate surface area is 125 Å². The molecule has 0 bridgehead atoms. The molecule has 3 heteroatoms. The number of aromatic nitrogens is 1. The smallest absolute Gasteiger partial charge is 0.185 e.